The first-order valence-corrected chi connectivity index (χ1v) is 6.77. The maximum absolute atomic E-state index is 3.85. The van der Waals surface area contributed by atoms with Crippen LogP contribution in [0, 0.1) is 5.92 Å². The SMILES string of the molecule is C=CCN(CCC)C(C)C(C)CNC1CC1. The van der Waals surface area contributed by atoms with Crippen LogP contribution in [-0.2, 0) is 0 Å². The minimum Gasteiger partial charge on any atom is -0.314 e. The second-order valence-corrected chi connectivity index (χ2v) is 5.18. The van der Waals surface area contributed by atoms with Gasteiger partial charge >= 0.3 is 0 Å². The van der Waals surface area contributed by atoms with Gasteiger partial charge < -0.3 is 5.32 Å². The van der Waals surface area contributed by atoms with Crippen LogP contribution in [0.4, 0.5) is 0 Å². The van der Waals surface area contributed by atoms with Crippen LogP contribution in [0.25, 0.3) is 0 Å². The molecule has 0 spiro atoms. The highest BCUT2D eigenvalue weighted by Gasteiger charge is 2.23. The summed E-state index contributed by atoms with van der Waals surface area (Å²) < 4.78 is 0. The van der Waals surface area contributed by atoms with E-state index in [0.717, 1.165) is 19.1 Å². The van der Waals surface area contributed by atoms with Crippen molar-refractivity contribution in [3.8, 4) is 0 Å². The van der Waals surface area contributed by atoms with E-state index in [1.807, 2.05) is 6.08 Å². The van der Waals surface area contributed by atoms with Crippen molar-refractivity contribution in [2.75, 3.05) is 19.6 Å². The van der Waals surface area contributed by atoms with Gasteiger partial charge in [-0.3, -0.25) is 4.90 Å². The predicted octanol–water partition coefficient (Wildman–Crippen LogP) is 2.66. The number of nitrogens with one attached hydrogen (secondary N) is 1. The van der Waals surface area contributed by atoms with Crippen LogP contribution in [0.2, 0.25) is 0 Å². The standard InChI is InChI=1S/C14H28N2/c1-5-9-16(10-6-2)13(4)12(3)11-15-14-7-8-14/h5,12-15H,1,6-11H2,2-4H3. The van der Waals surface area contributed by atoms with Crippen molar-refractivity contribution in [3.05, 3.63) is 12.7 Å². The molecule has 0 bridgehead atoms. The first kappa shape index (κ1) is 13.7. The Morgan fingerprint density at radius 2 is 2.12 bits per heavy atom. The van der Waals surface area contributed by atoms with Crippen LogP contribution in [0.1, 0.15) is 40.0 Å². The second kappa shape index (κ2) is 7.08. The molecule has 2 nitrogen and oxygen atoms in total. The molecule has 1 aliphatic carbocycles. The minimum absolute atomic E-state index is 0.643. The first-order chi connectivity index (χ1) is 7.69. The highest BCUT2D eigenvalue weighted by atomic mass is 15.2. The Bertz CT molecular complexity index is 199. The number of hydrogen-bond acceptors (Lipinski definition) is 2. The van der Waals surface area contributed by atoms with Crippen molar-refractivity contribution >= 4 is 0 Å². The Balaban J connectivity index is 2.30. The molecule has 0 aromatic rings. The topological polar surface area (TPSA) is 15.3 Å². The van der Waals surface area contributed by atoms with Gasteiger partial charge in [0.15, 0.2) is 0 Å². The van der Waals surface area contributed by atoms with Crippen molar-refractivity contribution < 1.29 is 0 Å². The van der Waals surface area contributed by atoms with Gasteiger partial charge in [0.2, 0.25) is 0 Å². The molecule has 16 heavy (non-hydrogen) atoms. The molecule has 1 saturated carbocycles. The van der Waals surface area contributed by atoms with E-state index in [1.165, 1.54) is 25.8 Å². The van der Waals surface area contributed by atoms with Gasteiger partial charge in [-0.05, 0) is 45.2 Å². The molecule has 94 valence electrons. The summed E-state index contributed by atoms with van der Waals surface area (Å²) in [4.78, 5) is 2.53. The van der Waals surface area contributed by atoms with E-state index in [1.54, 1.807) is 0 Å². The fourth-order valence-electron chi connectivity index (χ4n) is 2.08. The fraction of sp³-hybridized carbons (Fsp3) is 0.857. The Hall–Kier alpha value is -0.340. The Kier molecular flexibility index (Phi) is 6.07. The Morgan fingerprint density at radius 3 is 2.62 bits per heavy atom. The van der Waals surface area contributed by atoms with Crippen molar-refractivity contribution in [1.82, 2.24) is 10.2 Å². The van der Waals surface area contributed by atoms with Crippen LogP contribution in [0.3, 0.4) is 0 Å². The summed E-state index contributed by atoms with van der Waals surface area (Å²) in [6.07, 6.45) is 6.01. The van der Waals surface area contributed by atoms with E-state index < -0.39 is 0 Å². The largest absolute Gasteiger partial charge is 0.314 e. The summed E-state index contributed by atoms with van der Waals surface area (Å²) in [5.74, 6) is 0.715. The molecule has 0 amide bonds. The van der Waals surface area contributed by atoms with Gasteiger partial charge in [0.05, 0.1) is 0 Å². The summed E-state index contributed by atoms with van der Waals surface area (Å²) in [6.45, 7) is 14.2. The van der Waals surface area contributed by atoms with E-state index in [9.17, 15) is 0 Å². The van der Waals surface area contributed by atoms with E-state index >= 15 is 0 Å². The molecular formula is C14H28N2. The summed E-state index contributed by atoms with van der Waals surface area (Å²) in [5, 5.41) is 3.62. The molecule has 2 unspecified atom stereocenters. The van der Waals surface area contributed by atoms with Gasteiger partial charge in [-0.25, -0.2) is 0 Å². The summed E-state index contributed by atoms with van der Waals surface area (Å²) >= 11 is 0. The summed E-state index contributed by atoms with van der Waals surface area (Å²) in [6, 6.07) is 1.47. The van der Waals surface area contributed by atoms with Crippen molar-refractivity contribution in [1.29, 1.82) is 0 Å². The van der Waals surface area contributed by atoms with Crippen molar-refractivity contribution in [2.45, 2.75) is 52.1 Å². The molecule has 1 aliphatic rings. The lowest BCUT2D eigenvalue weighted by Crippen LogP contribution is -2.42. The smallest absolute Gasteiger partial charge is 0.0163 e. The van der Waals surface area contributed by atoms with Crippen molar-refractivity contribution in [3.63, 3.8) is 0 Å². The van der Waals surface area contributed by atoms with Gasteiger partial charge in [-0.2, -0.15) is 0 Å². The fourth-order valence-corrected chi connectivity index (χ4v) is 2.08. The monoisotopic (exact) mass is 224 g/mol. The van der Waals surface area contributed by atoms with Crippen LogP contribution < -0.4 is 5.32 Å². The molecule has 0 aromatic heterocycles. The quantitative estimate of drug-likeness (QED) is 0.606. The molecule has 1 fully saturated rings. The average molecular weight is 224 g/mol. The van der Waals surface area contributed by atoms with E-state index in [4.69, 9.17) is 0 Å². The third-order valence-corrected chi connectivity index (χ3v) is 3.58. The van der Waals surface area contributed by atoms with Gasteiger partial charge in [0, 0.05) is 18.6 Å². The molecule has 2 heteroatoms. The van der Waals surface area contributed by atoms with Crippen LogP contribution in [0.15, 0.2) is 12.7 Å². The maximum Gasteiger partial charge on any atom is 0.0163 e. The van der Waals surface area contributed by atoms with Crippen LogP contribution >= 0.6 is 0 Å². The van der Waals surface area contributed by atoms with E-state index in [0.29, 0.717) is 12.0 Å². The second-order valence-electron chi connectivity index (χ2n) is 5.18. The molecular weight excluding hydrogens is 196 g/mol. The normalized spacial score (nSPS) is 19.8. The lowest BCUT2D eigenvalue weighted by Gasteiger charge is -2.32. The van der Waals surface area contributed by atoms with Gasteiger partial charge in [0.25, 0.3) is 0 Å². The zero-order chi connectivity index (χ0) is 12.0. The zero-order valence-electron chi connectivity index (χ0n) is 11.2. The van der Waals surface area contributed by atoms with E-state index in [2.05, 4.69) is 37.6 Å². The number of hydrogen-bond donors (Lipinski definition) is 1. The molecule has 0 aromatic carbocycles. The minimum atomic E-state index is 0.643. The predicted molar refractivity (Wildman–Crippen MR) is 71.7 cm³/mol. The van der Waals surface area contributed by atoms with Gasteiger partial charge in [-0.1, -0.05) is 19.9 Å². The maximum atomic E-state index is 3.85. The lowest BCUT2D eigenvalue weighted by molar-refractivity contribution is 0.176. The molecule has 2 atom stereocenters. The van der Waals surface area contributed by atoms with E-state index in [-0.39, 0.29) is 0 Å². The molecule has 0 heterocycles. The molecule has 0 radical (unpaired) electrons. The highest BCUT2D eigenvalue weighted by Crippen LogP contribution is 2.20. The third kappa shape index (κ3) is 4.67. The lowest BCUT2D eigenvalue weighted by atomic mass is 10.0. The zero-order valence-corrected chi connectivity index (χ0v) is 11.2. The molecule has 1 rings (SSSR count). The van der Waals surface area contributed by atoms with Gasteiger partial charge in [-0.15, -0.1) is 6.58 Å². The highest BCUT2D eigenvalue weighted by molar-refractivity contribution is 4.85. The van der Waals surface area contributed by atoms with Crippen LogP contribution in [0.5, 0.6) is 0 Å². The number of rotatable bonds is 9. The summed E-state index contributed by atoms with van der Waals surface area (Å²) in [5.41, 5.74) is 0. The molecule has 1 N–H and O–H groups in total. The average Bonchev–Trinajstić information content (AvgIpc) is 3.08. The Labute approximate surface area is 101 Å². The first-order valence-electron chi connectivity index (χ1n) is 6.77. The molecule has 0 saturated heterocycles. The van der Waals surface area contributed by atoms with Gasteiger partial charge in [0.1, 0.15) is 0 Å². The van der Waals surface area contributed by atoms with Crippen molar-refractivity contribution in [2.24, 2.45) is 5.92 Å². The molecule has 0 aliphatic heterocycles. The Morgan fingerprint density at radius 1 is 1.44 bits per heavy atom. The van der Waals surface area contributed by atoms with Crippen LogP contribution in [-0.4, -0.2) is 36.6 Å². The summed E-state index contributed by atoms with van der Waals surface area (Å²) in [7, 11) is 0. The third-order valence-electron chi connectivity index (χ3n) is 3.58. The number of nitrogens with zero attached hydrogens (tertiary/aromatic N) is 1.